The van der Waals surface area contributed by atoms with E-state index in [1.54, 1.807) is 0 Å². The number of hydrogen-bond acceptors (Lipinski definition) is 6. The first-order valence-corrected chi connectivity index (χ1v) is 11.6. The molecule has 0 saturated heterocycles. The summed E-state index contributed by atoms with van der Waals surface area (Å²) in [5.41, 5.74) is -0.882. The Kier molecular flexibility index (Phi) is 8.05. The Bertz CT molecular complexity index is 1330. The van der Waals surface area contributed by atoms with Crippen LogP contribution in [0.2, 0.25) is 10.0 Å². The van der Waals surface area contributed by atoms with E-state index in [2.05, 4.69) is 27.1 Å². The quantitative estimate of drug-likeness (QED) is 0.325. The largest absolute Gasteiger partial charge is 0.396 e. The van der Waals surface area contributed by atoms with Crippen LogP contribution in [0.5, 0.6) is 0 Å². The molecule has 3 aromatic rings. The highest BCUT2D eigenvalue weighted by molar-refractivity contribution is 7.92. The lowest BCUT2D eigenvalue weighted by Crippen LogP contribution is -2.15. The van der Waals surface area contributed by atoms with E-state index in [0.29, 0.717) is 18.9 Å². The first-order valence-electron chi connectivity index (χ1n) is 9.36. The van der Waals surface area contributed by atoms with Crippen molar-refractivity contribution in [3.05, 3.63) is 75.5 Å². The third-order valence-corrected chi connectivity index (χ3v) is 6.20. The predicted octanol–water partition coefficient (Wildman–Crippen LogP) is 4.06. The molecule has 0 saturated carbocycles. The zero-order valence-electron chi connectivity index (χ0n) is 16.7. The Morgan fingerprint density at radius 1 is 1.06 bits per heavy atom. The van der Waals surface area contributed by atoms with Crippen molar-refractivity contribution in [1.29, 1.82) is 0 Å². The minimum absolute atomic E-state index is 0.0229. The van der Waals surface area contributed by atoms with E-state index in [0.717, 1.165) is 18.2 Å². The summed E-state index contributed by atoms with van der Waals surface area (Å²) in [6, 6.07) is 5.61. The molecule has 0 radical (unpaired) electrons. The number of nitrogens with zero attached hydrogens (tertiary/aromatic N) is 2. The molecule has 2 aromatic carbocycles. The second-order valence-corrected chi connectivity index (χ2v) is 9.01. The molecule has 0 fully saturated rings. The summed E-state index contributed by atoms with van der Waals surface area (Å²) in [5, 5.41) is 11.6. The number of aliphatic hydroxyl groups is 1. The summed E-state index contributed by atoms with van der Waals surface area (Å²) < 4.78 is 56.5. The molecule has 0 unspecified atom stereocenters. The monoisotopic (exact) mass is 512 g/mol. The van der Waals surface area contributed by atoms with Crippen LogP contribution >= 0.6 is 23.2 Å². The maximum atomic E-state index is 14.9. The van der Waals surface area contributed by atoms with E-state index in [-0.39, 0.29) is 27.1 Å². The minimum Gasteiger partial charge on any atom is -0.396 e. The topological polar surface area (TPSA) is 104 Å². The van der Waals surface area contributed by atoms with Crippen molar-refractivity contribution < 1.29 is 22.3 Å². The summed E-state index contributed by atoms with van der Waals surface area (Å²) in [6.07, 6.45) is 3.22. The molecule has 3 N–H and O–H groups in total. The van der Waals surface area contributed by atoms with Gasteiger partial charge in [-0.3, -0.25) is 4.72 Å². The third-order valence-electron chi connectivity index (χ3n) is 4.12. The van der Waals surface area contributed by atoms with Crippen LogP contribution in [0.15, 0.2) is 47.6 Å². The number of hydrogen-bond donors (Lipinski definition) is 3. The van der Waals surface area contributed by atoms with Crippen molar-refractivity contribution in [1.82, 2.24) is 9.97 Å². The standard InChI is InChI=1S/C21H16Cl2F2N4O3S/c22-14-3-5-16(23)19(10-14)33(31,32)29-18-7-6-17(24)15(20(18)25)4-2-13-11-27-21(28-12-13)26-8-1-9-30/h3,5-7,10-12,29-30H,1,8-9H2,(H,26,27,28). The van der Waals surface area contributed by atoms with Crippen LogP contribution < -0.4 is 10.0 Å². The first-order chi connectivity index (χ1) is 15.7. The lowest BCUT2D eigenvalue weighted by molar-refractivity contribution is 0.292. The van der Waals surface area contributed by atoms with Gasteiger partial charge in [-0.2, -0.15) is 0 Å². The summed E-state index contributed by atoms with van der Waals surface area (Å²) in [7, 11) is -4.32. The molecule has 0 amide bonds. The maximum Gasteiger partial charge on any atom is 0.263 e. The average molecular weight is 513 g/mol. The Balaban J connectivity index is 1.86. The summed E-state index contributed by atoms with van der Waals surface area (Å²) >= 11 is 11.8. The van der Waals surface area contributed by atoms with Gasteiger partial charge < -0.3 is 10.4 Å². The summed E-state index contributed by atoms with van der Waals surface area (Å²) in [6.45, 7) is 0.496. The second kappa shape index (κ2) is 10.8. The van der Waals surface area contributed by atoms with Crippen molar-refractivity contribution in [3.8, 4) is 11.8 Å². The lowest BCUT2D eigenvalue weighted by Gasteiger charge is -2.11. The van der Waals surface area contributed by atoms with Crippen LogP contribution in [0, 0.1) is 23.5 Å². The van der Waals surface area contributed by atoms with Crippen molar-refractivity contribution in [2.24, 2.45) is 0 Å². The third kappa shape index (κ3) is 6.30. The predicted molar refractivity (Wildman–Crippen MR) is 122 cm³/mol. The molecule has 12 heteroatoms. The van der Waals surface area contributed by atoms with Gasteiger partial charge in [0.15, 0.2) is 5.82 Å². The average Bonchev–Trinajstić information content (AvgIpc) is 2.78. The Labute approximate surface area is 198 Å². The van der Waals surface area contributed by atoms with Gasteiger partial charge in [-0.05, 0) is 36.8 Å². The van der Waals surface area contributed by atoms with Gasteiger partial charge in [0.2, 0.25) is 5.95 Å². The molecule has 0 aliphatic rings. The molecule has 0 aliphatic carbocycles. The Morgan fingerprint density at radius 2 is 1.79 bits per heavy atom. The van der Waals surface area contributed by atoms with E-state index >= 15 is 0 Å². The number of aliphatic hydroxyl groups excluding tert-OH is 1. The van der Waals surface area contributed by atoms with E-state index in [9.17, 15) is 17.2 Å². The highest BCUT2D eigenvalue weighted by Gasteiger charge is 2.22. The number of halogens is 4. The number of anilines is 2. The molecule has 0 bridgehead atoms. The van der Waals surface area contributed by atoms with Crippen LogP contribution in [0.4, 0.5) is 20.4 Å². The number of nitrogens with one attached hydrogen (secondary N) is 2. The molecular formula is C21H16Cl2F2N4O3S. The molecule has 172 valence electrons. The fourth-order valence-electron chi connectivity index (χ4n) is 2.53. The zero-order chi connectivity index (χ0) is 24.0. The van der Waals surface area contributed by atoms with Crippen LogP contribution in [-0.4, -0.2) is 36.6 Å². The van der Waals surface area contributed by atoms with E-state index in [1.807, 2.05) is 4.72 Å². The van der Waals surface area contributed by atoms with Crippen molar-refractivity contribution in [3.63, 3.8) is 0 Å². The Morgan fingerprint density at radius 3 is 2.48 bits per heavy atom. The minimum atomic E-state index is -4.32. The summed E-state index contributed by atoms with van der Waals surface area (Å²) in [4.78, 5) is 7.66. The first kappa shape index (κ1) is 24.7. The van der Waals surface area contributed by atoms with Gasteiger partial charge in [-0.25, -0.2) is 27.2 Å². The van der Waals surface area contributed by atoms with Gasteiger partial charge in [0.05, 0.1) is 21.8 Å². The van der Waals surface area contributed by atoms with Crippen LogP contribution in [0.3, 0.4) is 0 Å². The molecular weight excluding hydrogens is 497 g/mol. The highest BCUT2D eigenvalue weighted by atomic mass is 35.5. The maximum absolute atomic E-state index is 14.9. The number of rotatable bonds is 7. The lowest BCUT2D eigenvalue weighted by atomic mass is 10.1. The normalized spacial score (nSPS) is 10.9. The van der Waals surface area contributed by atoms with Gasteiger partial charge in [0, 0.05) is 30.6 Å². The van der Waals surface area contributed by atoms with Gasteiger partial charge in [0.25, 0.3) is 10.0 Å². The Hall–Kier alpha value is -2.97. The molecule has 33 heavy (non-hydrogen) atoms. The SMILES string of the molecule is O=S(=O)(Nc1ccc(F)c(C#Cc2cnc(NCCCO)nc2)c1F)c1cc(Cl)ccc1Cl. The number of benzene rings is 2. The van der Waals surface area contributed by atoms with E-state index in [1.165, 1.54) is 24.5 Å². The van der Waals surface area contributed by atoms with Gasteiger partial charge in [-0.1, -0.05) is 35.0 Å². The van der Waals surface area contributed by atoms with Crippen LogP contribution in [0.1, 0.15) is 17.5 Å². The van der Waals surface area contributed by atoms with Gasteiger partial charge in [-0.15, -0.1) is 0 Å². The molecule has 7 nitrogen and oxygen atoms in total. The highest BCUT2D eigenvalue weighted by Crippen LogP contribution is 2.28. The fraction of sp³-hybridized carbons (Fsp3) is 0.143. The van der Waals surface area contributed by atoms with E-state index in [4.69, 9.17) is 28.3 Å². The second-order valence-electron chi connectivity index (χ2n) is 6.51. The van der Waals surface area contributed by atoms with Gasteiger partial charge >= 0.3 is 0 Å². The zero-order valence-corrected chi connectivity index (χ0v) is 19.1. The fourth-order valence-corrected chi connectivity index (χ4v) is 4.35. The summed E-state index contributed by atoms with van der Waals surface area (Å²) in [5.74, 6) is 3.00. The molecule has 1 heterocycles. The molecule has 0 aliphatic heterocycles. The molecule has 3 rings (SSSR count). The van der Waals surface area contributed by atoms with Crippen molar-refractivity contribution in [2.75, 3.05) is 23.2 Å². The molecule has 1 aromatic heterocycles. The molecule has 0 spiro atoms. The smallest absolute Gasteiger partial charge is 0.263 e. The van der Waals surface area contributed by atoms with Gasteiger partial charge in [0.1, 0.15) is 10.7 Å². The van der Waals surface area contributed by atoms with Crippen LogP contribution in [-0.2, 0) is 10.0 Å². The number of sulfonamides is 1. The molecule has 0 atom stereocenters. The number of aromatic nitrogens is 2. The van der Waals surface area contributed by atoms with Crippen molar-refractivity contribution >= 4 is 44.9 Å². The van der Waals surface area contributed by atoms with Crippen LogP contribution in [0.25, 0.3) is 0 Å². The van der Waals surface area contributed by atoms with E-state index < -0.39 is 32.9 Å². The van der Waals surface area contributed by atoms with Crippen molar-refractivity contribution in [2.45, 2.75) is 11.3 Å².